The van der Waals surface area contributed by atoms with Crippen molar-refractivity contribution >= 4 is 11.9 Å². The summed E-state index contributed by atoms with van der Waals surface area (Å²) in [4.78, 5) is 27.1. The molecular weight excluding hydrogens is 238 g/mol. The zero-order chi connectivity index (χ0) is 13.7. The summed E-state index contributed by atoms with van der Waals surface area (Å²) in [5.41, 5.74) is 0. The third kappa shape index (κ3) is 3.83. The van der Waals surface area contributed by atoms with Gasteiger partial charge in [-0.2, -0.15) is 4.98 Å². The van der Waals surface area contributed by atoms with Crippen LogP contribution in [0.3, 0.4) is 0 Å². The molecule has 1 rings (SSSR count). The van der Waals surface area contributed by atoms with Gasteiger partial charge in [0.2, 0.25) is 5.89 Å². The molecule has 1 N–H and O–H groups in total. The number of esters is 1. The van der Waals surface area contributed by atoms with Crippen molar-refractivity contribution < 1.29 is 18.8 Å². The maximum absolute atomic E-state index is 11.8. The second-order valence-corrected chi connectivity index (χ2v) is 4.32. The third-order valence-corrected chi connectivity index (χ3v) is 2.23. The van der Waals surface area contributed by atoms with Gasteiger partial charge < -0.3 is 14.6 Å². The van der Waals surface area contributed by atoms with Gasteiger partial charge >= 0.3 is 5.97 Å². The van der Waals surface area contributed by atoms with Crippen LogP contribution in [0.25, 0.3) is 0 Å². The summed E-state index contributed by atoms with van der Waals surface area (Å²) in [5.74, 6) is -0.606. The van der Waals surface area contributed by atoms with Gasteiger partial charge in [0.15, 0.2) is 0 Å². The number of nitrogens with one attached hydrogen (secondary N) is 1. The Morgan fingerprint density at radius 2 is 2.11 bits per heavy atom. The number of aromatic nitrogens is 2. The second-order valence-electron chi connectivity index (χ2n) is 4.32. The van der Waals surface area contributed by atoms with Crippen molar-refractivity contribution in [2.24, 2.45) is 5.92 Å². The molecule has 1 unspecified atom stereocenters. The molecular formula is C11H17N3O4. The molecule has 0 spiro atoms. The first-order valence-electron chi connectivity index (χ1n) is 5.63. The SMILES string of the molecule is COC(=O)C(CC(C)C)NC(=O)c1noc(C)n1. The number of hydrogen-bond acceptors (Lipinski definition) is 6. The molecule has 0 fully saturated rings. The third-order valence-electron chi connectivity index (χ3n) is 2.23. The molecule has 7 nitrogen and oxygen atoms in total. The van der Waals surface area contributed by atoms with Gasteiger partial charge in [-0.1, -0.05) is 19.0 Å². The number of amides is 1. The van der Waals surface area contributed by atoms with Crippen LogP contribution in [0.4, 0.5) is 0 Å². The maximum atomic E-state index is 11.8. The van der Waals surface area contributed by atoms with Gasteiger partial charge in [0.25, 0.3) is 11.7 Å². The molecule has 0 saturated heterocycles. The van der Waals surface area contributed by atoms with Gasteiger partial charge in [0, 0.05) is 6.92 Å². The Balaban J connectivity index is 2.71. The fourth-order valence-corrected chi connectivity index (χ4v) is 1.44. The minimum atomic E-state index is -0.707. The molecule has 0 saturated carbocycles. The van der Waals surface area contributed by atoms with Crippen LogP contribution in [-0.4, -0.2) is 35.2 Å². The van der Waals surface area contributed by atoms with Crippen molar-refractivity contribution in [3.05, 3.63) is 11.7 Å². The first kappa shape index (κ1) is 14.1. The molecule has 0 aromatic carbocycles. The molecule has 0 aliphatic rings. The van der Waals surface area contributed by atoms with Gasteiger partial charge in [-0.05, 0) is 12.3 Å². The molecule has 1 aromatic heterocycles. The minimum Gasteiger partial charge on any atom is -0.467 e. The van der Waals surface area contributed by atoms with E-state index < -0.39 is 17.9 Å². The number of methoxy groups -OCH3 is 1. The van der Waals surface area contributed by atoms with Crippen molar-refractivity contribution in [1.29, 1.82) is 0 Å². The Kier molecular flexibility index (Phi) is 4.82. The molecule has 7 heteroatoms. The first-order valence-corrected chi connectivity index (χ1v) is 5.63. The van der Waals surface area contributed by atoms with E-state index in [0.29, 0.717) is 12.3 Å². The minimum absolute atomic E-state index is 0.0924. The van der Waals surface area contributed by atoms with E-state index >= 15 is 0 Å². The number of carbonyl (C=O) groups is 2. The summed E-state index contributed by atoms with van der Waals surface area (Å²) in [6, 6.07) is -0.707. The zero-order valence-corrected chi connectivity index (χ0v) is 10.9. The summed E-state index contributed by atoms with van der Waals surface area (Å²) in [6.45, 7) is 5.47. The maximum Gasteiger partial charge on any atom is 0.328 e. The summed E-state index contributed by atoms with van der Waals surface area (Å²) in [5, 5.41) is 6.01. The van der Waals surface area contributed by atoms with Gasteiger partial charge in [-0.15, -0.1) is 0 Å². The van der Waals surface area contributed by atoms with Gasteiger partial charge in [0.05, 0.1) is 7.11 Å². The predicted molar refractivity (Wildman–Crippen MR) is 61.8 cm³/mol. The smallest absolute Gasteiger partial charge is 0.328 e. The average molecular weight is 255 g/mol. The van der Waals surface area contributed by atoms with Crippen LogP contribution in [-0.2, 0) is 9.53 Å². The van der Waals surface area contributed by atoms with Gasteiger partial charge in [0.1, 0.15) is 6.04 Å². The molecule has 1 heterocycles. The molecule has 0 bridgehead atoms. The van der Waals surface area contributed by atoms with Crippen LogP contribution in [0.5, 0.6) is 0 Å². The zero-order valence-electron chi connectivity index (χ0n) is 10.9. The summed E-state index contributed by atoms with van der Waals surface area (Å²) in [7, 11) is 1.28. The quantitative estimate of drug-likeness (QED) is 0.778. The molecule has 0 aliphatic heterocycles. The molecule has 1 amide bonds. The van der Waals surface area contributed by atoms with E-state index in [-0.39, 0.29) is 11.7 Å². The Hall–Kier alpha value is -1.92. The number of nitrogens with zero attached hydrogens (tertiary/aromatic N) is 2. The van der Waals surface area contributed by atoms with Crippen LogP contribution in [0, 0.1) is 12.8 Å². The largest absolute Gasteiger partial charge is 0.467 e. The van der Waals surface area contributed by atoms with Crippen LogP contribution in [0.15, 0.2) is 4.52 Å². The van der Waals surface area contributed by atoms with Crippen molar-refractivity contribution in [2.75, 3.05) is 7.11 Å². The highest BCUT2D eigenvalue weighted by Gasteiger charge is 2.25. The fraction of sp³-hybridized carbons (Fsp3) is 0.636. The normalized spacial score (nSPS) is 12.3. The van der Waals surface area contributed by atoms with Gasteiger partial charge in [-0.3, -0.25) is 4.79 Å². The monoisotopic (exact) mass is 255 g/mol. The van der Waals surface area contributed by atoms with E-state index in [1.165, 1.54) is 7.11 Å². The first-order chi connectivity index (χ1) is 8.43. The van der Waals surface area contributed by atoms with E-state index in [2.05, 4.69) is 20.2 Å². The highest BCUT2D eigenvalue weighted by molar-refractivity contribution is 5.93. The predicted octanol–water partition coefficient (Wildman–Crippen LogP) is 0.696. The van der Waals surface area contributed by atoms with E-state index in [9.17, 15) is 9.59 Å². The lowest BCUT2D eigenvalue weighted by atomic mass is 10.0. The molecule has 0 aliphatic carbocycles. The van der Waals surface area contributed by atoms with E-state index in [1.54, 1.807) is 6.92 Å². The summed E-state index contributed by atoms with van der Waals surface area (Å²) >= 11 is 0. The topological polar surface area (TPSA) is 94.3 Å². The molecule has 1 aromatic rings. The lowest BCUT2D eigenvalue weighted by Gasteiger charge is -2.17. The number of ether oxygens (including phenoxy) is 1. The standard InChI is InChI=1S/C11H17N3O4/c1-6(2)5-8(11(16)17-4)13-10(15)9-12-7(3)18-14-9/h6,8H,5H2,1-4H3,(H,13,15). The lowest BCUT2D eigenvalue weighted by Crippen LogP contribution is -2.42. The Labute approximate surface area is 105 Å². The van der Waals surface area contributed by atoms with Crippen molar-refractivity contribution in [1.82, 2.24) is 15.5 Å². The van der Waals surface area contributed by atoms with Crippen LogP contribution in [0.1, 0.15) is 36.8 Å². The van der Waals surface area contributed by atoms with E-state index in [4.69, 9.17) is 4.52 Å². The van der Waals surface area contributed by atoms with E-state index in [1.807, 2.05) is 13.8 Å². The summed E-state index contributed by atoms with van der Waals surface area (Å²) < 4.78 is 9.33. The van der Waals surface area contributed by atoms with E-state index in [0.717, 1.165) is 0 Å². The van der Waals surface area contributed by atoms with Crippen LogP contribution >= 0.6 is 0 Å². The fourth-order valence-electron chi connectivity index (χ4n) is 1.44. The second kappa shape index (κ2) is 6.13. The summed E-state index contributed by atoms with van der Waals surface area (Å²) in [6.07, 6.45) is 0.481. The molecule has 0 radical (unpaired) electrons. The number of carbonyl (C=O) groups excluding carboxylic acids is 2. The van der Waals surface area contributed by atoms with Crippen molar-refractivity contribution in [3.63, 3.8) is 0 Å². The lowest BCUT2D eigenvalue weighted by molar-refractivity contribution is -0.143. The Bertz CT molecular complexity index is 428. The molecule has 18 heavy (non-hydrogen) atoms. The van der Waals surface area contributed by atoms with Crippen molar-refractivity contribution in [2.45, 2.75) is 33.2 Å². The van der Waals surface area contributed by atoms with Crippen molar-refractivity contribution in [3.8, 4) is 0 Å². The Morgan fingerprint density at radius 1 is 1.44 bits per heavy atom. The van der Waals surface area contributed by atoms with Crippen LogP contribution in [0.2, 0.25) is 0 Å². The highest BCUT2D eigenvalue weighted by atomic mass is 16.5. The number of aryl methyl sites for hydroxylation is 1. The highest BCUT2D eigenvalue weighted by Crippen LogP contribution is 2.07. The Morgan fingerprint density at radius 3 is 2.56 bits per heavy atom. The number of rotatable bonds is 5. The van der Waals surface area contributed by atoms with Crippen LogP contribution < -0.4 is 5.32 Å². The molecule has 100 valence electrons. The van der Waals surface area contributed by atoms with Gasteiger partial charge in [-0.25, -0.2) is 4.79 Å². The molecule has 1 atom stereocenters. The average Bonchev–Trinajstić information content (AvgIpc) is 2.73. The number of hydrogen-bond donors (Lipinski definition) is 1.